The Morgan fingerprint density at radius 3 is 2.38 bits per heavy atom. The third-order valence-electron chi connectivity index (χ3n) is 4.04. The van der Waals surface area contributed by atoms with Gasteiger partial charge in [0.05, 0.1) is 0 Å². The van der Waals surface area contributed by atoms with Crippen LogP contribution in [0.5, 0.6) is 0 Å². The molecule has 1 atom stereocenters. The molecule has 0 bridgehead atoms. The number of rotatable bonds is 3. The standard InChI is InChI=1S/C19H20N2OS2/c1-14-9-11-15(12-10-14)13-20(22)17-19(2,3)24-18(23)21(17)16-7-5-4-6-8-16/h4-13,17H,1-3H3/b20-13-/t17-/m1/s1. The molecule has 3 rings (SSSR count). The van der Waals surface area contributed by atoms with Gasteiger partial charge in [-0.3, -0.25) is 4.90 Å². The molecule has 0 saturated carbocycles. The molecular formula is C19H20N2OS2. The predicted molar refractivity (Wildman–Crippen MR) is 107 cm³/mol. The van der Waals surface area contributed by atoms with Gasteiger partial charge < -0.3 is 5.21 Å². The number of hydrogen-bond acceptors (Lipinski definition) is 3. The van der Waals surface area contributed by atoms with Crippen molar-refractivity contribution in [2.24, 2.45) is 0 Å². The van der Waals surface area contributed by atoms with E-state index in [0.29, 0.717) is 0 Å². The lowest BCUT2D eigenvalue weighted by Gasteiger charge is -2.29. The Balaban J connectivity index is 2.01. The van der Waals surface area contributed by atoms with Crippen LogP contribution < -0.4 is 4.90 Å². The minimum Gasteiger partial charge on any atom is -0.622 e. The summed E-state index contributed by atoms with van der Waals surface area (Å²) in [5.74, 6) is 0. The zero-order chi connectivity index (χ0) is 17.3. The lowest BCUT2D eigenvalue weighted by molar-refractivity contribution is -0.497. The highest BCUT2D eigenvalue weighted by atomic mass is 32.2. The summed E-state index contributed by atoms with van der Waals surface area (Å²) in [6.45, 7) is 6.15. The number of thioether (sulfide) groups is 1. The number of thiocarbonyl (C=S) groups is 1. The molecule has 1 fully saturated rings. The largest absolute Gasteiger partial charge is 0.622 e. The highest BCUT2D eigenvalue weighted by molar-refractivity contribution is 8.24. The minimum absolute atomic E-state index is 0.310. The van der Waals surface area contributed by atoms with Crippen LogP contribution in [0.1, 0.15) is 25.0 Å². The average molecular weight is 357 g/mol. The number of aryl methyl sites for hydroxylation is 1. The number of anilines is 1. The molecule has 124 valence electrons. The lowest BCUT2D eigenvalue weighted by Crippen LogP contribution is -2.48. The van der Waals surface area contributed by atoms with Crippen molar-refractivity contribution in [3.63, 3.8) is 0 Å². The van der Waals surface area contributed by atoms with Crippen LogP contribution in [-0.2, 0) is 0 Å². The average Bonchev–Trinajstić information content (AvgIpc) is 2.79. The van der Waals surface area contributed by atoms with Gasteiger partial charge >= 0.3 is 0 Å². The van der Waals surface area contributed by atoms with E-state index in [1.165, 1.54) is 5.56 Å². The highest BCUT2D eigenvalue weighted by Crippen LogP contribution is 2.43. The summed E-state index contributed by atoms with van der Waals surface area (Å²) in [6.07, 6.45) is 1.26. The summed E-state index contributed by atoms with van der Waals surface area (Å²) in [7, 11) is 0. The van der Waals surface area contributed by atoms with E-state index in [0.717, 1.165) is 20.3 Å². The first-order valence-electron chi connectivity index (χ1n) is 7.83. The molecule has 2 aromatic carbocycles. The monoisotopic (exact) mass is 356 g/mol. The van der Waals surface area contributed by atoms with Crippen molar-refractivity contribution in [2.75, 3.05) is 4.90 Å². The quantitative estimate of drug-likeness (QED) is 0.265. The van der Waals surface area contributed by atoms with Crippen LogP contribution in [0.4, 0.5) is 5.69 Å². The SMILES string of the molecule is Cc1ccc(/C=[N+](\[O-])[C@@H]2N(c3ccccc3)C(=S)SC2(C)C)cc1. The lowest BCUT2D eigenvalue weighted by atomic mass is 10.1. The van der Waals surface area contributed by atoms with E-state index in [9.17, 15) is 5.21 Å². The molecule has 3 nitrogen and oxygen atoms in total. The van der Waals surface area contributed by atoms with Gasteiger partial charge in [-0.2, -0.15) is 4.74 Å². The molecule has 0 radical (unpaired) electrons. The number of hydroxylamine groups is 1. The molecule has 5 heteroatoms. The number of hydrogen-bond donors (Lipinski definition) is 0. The van der Waals surface area contributed by atoms with Crippen LogP contribution in [-0.4, -0.2) is 26.2 Å². The van der Waals surface area contributed by atoms with Crippen molar-refractivity contribution >= 4 is 40.2 Å². The van der Waals surface area contributed by atoms with Crippen molar-refractivity contribution in [2.45, 2.75) is 31.7 Å². The van der Waals surface area contributed by atoms with Crippen molar-refractivity contribution in [1.82, 2.24) is 0 Å². The maximum absolute atomic E-state index is 13.0. The maximum atomic E-state index is 13.0. The van der Waals surface area contributed by atoms with Gasteiger partial charge in [0.1, 0.15) is 9.07 Å². The van der Waals surface area contributed by atoms with Gasteiger partial charge in [-0.15, -0.1) is 0 Å². The van der Waals surface area contributed by atoms with Gasteiger partial charge in [-0.05, 0) is 45.0 Å². The third kappa shape index (κ3) is 3.32. The van der Waals surface area contributed by atoms with E-state index in [-0.39, 0.29) is 4.75 Å². The Morgan fingerprint density at radius 2 is 1.75 bits per heavy atom. The summed E-state index contributed by atoms with van der Waals surface area (Å²) < 4.78 is 1.45. The van der Waals surface area contributed by atoms with Crippen LogP contribution in [0.2, 0.25) is 0 Å². The number of nitrogens with zero attached hydrogens (tertiary/aromatic N) is 2. The van der Waals surface area contributed by atoms with Gasteiger partial charge in [0.25, 0.3) is 6.17 Å². The smallest absolute Gasteiger partial charge is 0.258 e. The molecule has 1 heterocycles. The normalized spacial score (nSPS) is 20.5. The summed E-state index contributed by atoms with van der Waals surface area (Å²) in [5, 5.41) is 13.0. The van der Waals surface area contributed by atoms with Gasteiger partial charge in [0.15, 0.2) is 6.21 Å². The van der Waals surface area contributed by atoms with Crippen LogP contribution in [0, 0.1) is 12.1 Å². The molecule has 24 heavy (non-hydrogen) atoms. The maximum Gasteiger partial charge on any atom is 0.258 e. The molecule has 0 N–H and O–H groups in total. The van der Waals surface area contributed by atoms with Crippen LogP contribution in [0.15, 0.2) is 54.6 Å². The van der Waals surface area contributed by atoms with Crippen LogP contribution >= 0.6 is 24.0 Å². The molecule has 0 unspecified atom stereocenters. The van der Waals surface area contributed by atoms with Gasteiger partial charge in [-0.25, -0.2) is 0 Å². The number of para-hydroxylation sites is 1. The topological polar surface area (TPSA) is 29.3 Å². The summed E-state index contributed by atoms with van der Waals surface area (Å²) in [4.78, 5) is 1.96. The Hall–Kier alpha value is -1.85. The second kappa shape index (κ2) is 6.57. The zero-order valence-electron chi connectivity index (χ0n) is 14.0. The van der Waals surface area contributed by atoms with E-state index in [2.05, 4.69) is 13.8 Å². The first-order valence-corrected chi connectivity index (χ1v) is 9.05. The first-order chi connectivity index (χ1) is 11.4. The molecule has 0 spiro atoms. The van der Waals surface area contributed by atoms with Gasteiger partial charge in [0.2, 0.25) is 0 Å². The van der Waals surface area contributed by atoms with Gasteiger partial charge in [-0.1, -0.05) is 59.9 Å². The second-order valence-corrected chi connectivity index (χ2v) is 8.74. The van der Waals surface area contributed by atoms with Crippen LogP contribution in [0.25, 0.3) is 0 Å². The van der Waals surface area contributed by atoms with Crippen LogP contribution in [0.3, 0.4) is 0 Å². The molecule has 1 aliphatic rings. The van der Waals surface area contributed by atoms with Crippen molar-refractivity contribution < 1.29 is 4.74 Å². The number of benzene rings is 2. The van der Waals surface area contributed by atoms with Gasteiger partial charge in [0, 0.05) is 11.3 Å². The van der Waals surface area contributed by atoms with E-state index < -0.39 is 6.17 Å². The van der Waals surface area contributed by atoms with E-state index in [1.807, 2.05) is 66.4 Å². The molecule has 0 aliphatic carbocycles. The fraction of sp³-hybridized carbons (Fsp3) is 0.263. The summed E-state index contributed by atoms with van der Waals surface area (Å²) in [5.41, 5.74) is 3.01. The Kier molecular flexibility index (Phi) is 4.65. The van der Waals surface area contributed by atoms with Crippen molar-refractivity contribution in [3.05, 3.63) is 70.9 Å². The fourth-order valence-electron chi connectivity index (χ4n) is 2.86. The fourth-order valence-corrected chi connectivity index (χ4v) is 4.78. The zero-order valence-corrected chi connectivity index (χ0v) is 15.6. The predicted octanol–water partition coefficient (Wildman–Crippen LogP) is 4.57. The minimum atomic E-state index is -0.390. The third-order valence-corrected chi connectivity index (χ3v) is 5.60. The van der Waals surface area contributed by atoms with E-state index in [4.69, 9.17) is 12.2 Å². The summed E-state index contributed by atoms with van der Waals surface area (Å²) in [6, 6.07) is 17.8. The molecule has 2 aromatic rings. The van der Waals surface area contributed by atoms with Crippen molar-refractivity contribution in [3.8, 4) is 0 Å². The Morgan fingerprint density at radius 1 is 1.12 bits per heavy atom. The highest BCUT2D eigenvalue weighted by Gasteiger charge is 2.51. The molecule has 1 aliphatic heterocycles. The summed E-state index contributed by atoms with van der Waals surface area (Å²) >= 11 is 7.13. The Bertz CT molecular complexity index is 770. The van der Waals surface area contributed by atoms with E-state index in [1.54, 1.807) is 18.0 Å². The molecule has 1 saturated heterocycles. The Labute approximate surface area is 152 Å². The second-order valence-electron chi connectivity index (χ2n) is 6.45. The molecule has 0 aromatic heterocycles. The molecule has 0 amide bonds. The van der Waals surface area contributed by atoms with E-state index >= 15 is 0 Å². The van der Waals surface area contributed by atoms with Crippen molar-refractivity contribution in [1.29, 1.82) is 0 Å². The molecular weight excluding hydrogens is 336 g/mol. The first kappa shape index (κ1) is 17.0.